The number of nitrogens with zero attached hydrogens (tertiary/aromatic N) is 9. The van der Waals surface area contributed by atoms with Gasteiger partial charge in [0.1, 0.15) is 11.4 Å². The molecule has 1 aromatic carbocycles. The van der Waals surface area contributed by atoms with E-state index in [4.69, 9.17) is 15.7 Å². The minimum Gasteiger partial charge on any atom is -0.480 e. The minimum absolute atomic E-state index is 0. The molecule has 0 atom stereocenters. The molecule has 15 heteroatoms. The van der Waals surface area contributed by atoms with E-state index >= 15 is 0 Å². The molecule has 6 heterocycles. The normalized spacial score (nSPS) is 19.4. The van der Waals surface area contributed by atoms with Gasteiger partial charge in [0.25, 0.3) is 0 Å². The summed E-state index contributed by atoms with van der Waals surface area (Å²) in [6, 6.07) is 20.2. The van der Waals surface area contributed by atoms with E-state index < -0.39 is 17.5 Å². The number of pyridine rings is 2. The molecule has 1 saturated heterocycles. The monoisotopic (exact) mass is 857 g/mol. The van der Waals surface area contributed by atoms with Crippen LogP contribution in [0.2, 0.25) is 0 Å². The van der Waals surface area contributed by atoms with Crippen LogP contribution in [0.25, 0.3) is 22.5 Å². The molecule has 3 aromatic heterocycles. The van der Waals surface area contributed by atoms with Gasteiger partial charge in [-0.05, 0) is 49.2 Å². The van der Waals surface area contributed by atoms with Crippen LogP contribution in [0, 0.1) is 36.9 Å². The van der Waals surface area contributed by atoms with Crippen LogP contribution in [0.5, 0.6) is 0 Å². The Morgan fingerprint density at radius 1 is 0.706 bits per heavy atom. The summed E-state index contributed by atoms with van der Waals surface area (Å²) in [7, 11) is 0. The maximum atomic E-state index is 11.9. The maximum Gasteiger partial charge on any atom is 0.317 e. The Kier molecular flexibility index (Phi) is 13.3. The molecule has 14 nitrogen and oxygen atoms in total. The van der Waals surface area contributed by atoms with Crippen LogP contribution < -0.4 is 5.73 Å². The van der Waals surface area contributed by atoms with Crippen molar-refractivity contribution in [2.24, 2.45) is 5.73 Å². The molecule has 7 rings (SSSR count). The van der Waals surface area contributed by atoms with E-state index in [1.165, 1.54) is 0 Å². The van der Waals surface area contributed by atoms with Gasteiger partial charge in [-0.2, -0.15) is 0 Å². The minimum atomic E-state index is -0.870. The summed E-state index contributed by atoms with van der Waals surface area (Å²) in [5.41, 5.74) is 12.4. The van der Waals surface area contributed by atoms with E-state index in [1.807, 2.05) is 64.7 Å². The molecule has 0 unspecified atom stereocenters. The summed E-state index contributed by atoms with van der Waals surface area (Å²) in [6.07, 6.45) is 0. The number of hydrogen-bond donors (Lipinski definition) is 3. The van der Waals surface area contributed by atoms with Crippen LogP contribution in [0.15, 0.2) is 60.7 Å². The fraction of sp³-hybridized carbons (Fsp3) is 0.444. The number of carbonyl (C=O) groups is 2. The number of nitrogens with two attached hydrogens (primary N) is 1. The van der Waals surface area contributed by atoms with Crippen LogP contribution in [0.3, 0.4) is 0 Å². The molecule has 0 spiro atoms. The van der Waals surface area contributed by atoms with Gasteiger partial charge < -0.3 is 15.9 Å². The number of fused-ring (bicyclic) bond motifs is 8. The third-order valence-electron chi connectivity index (χ3n) is 9.16. The van der Waals surface area contributed by atoms with Gasteiger partial charge in [0, 0.05) is 102 Å². The van der Waals surface area contributed by atoms with Crippen molar-refractivity contribution >= 4 is 11.9 Å². The molecule has 3 aliphatic heterocycles. The Bertz CT molecular complexity index is 1770. The average molecular weight is 858 g/mol. The fourth-order valence-electron chi connectivity index (χ4n) is 6.63. The molecule has 3 aliphatic rings. The van der Waals surface area contributed by atoms with E-state index in [2.05, 4.69) is 44.4 Å². The maximum absolute atomic E-state index is 11.9. The Morgan fingerprint density at radius 2 is 1.25 bits per heavy atom. The molecule has 6 bridgehead atoms. The van der Waals surface area contributed by atoms with Gasteiger partial charge in [-0.3, -0.25) is 34.2 Å². The molecular weight excluding hydrogens is 811 g/mol. The van der Waals surface area contributed by atoms with E-state index in [-0.39, 0.29) is 50.0 Å². The smallest absolute Gasteiger partial charge is 0.317 e. The number of carboxylic acid groups (broad SMARTS) is 2. The molecular formula is C36H46LuN10O4. The second-order valence-corrected chi connectivity index (χ2v) is 13.8. The molecule has 1 fully saturated rings. The van der Waals surface area contributed by atoms with E-state index in [9.17, 15) is 19.8 Å². The Hall–Kier alpha value is -3.37. The number of carboxylic acids is 2. The first-order valence-corrected chi connectivity index (χ1v) is 17.1. The van der Waals surface area contributed by atoms with Crippen molar-refractivity contribution in [1.29, 1.82) is 0 Å². The predicted molar refractivity (Wildman–Crippen MR) is 188 cm³/mol. The third kappa shape index (κ3) is 10.6. The number of rotatable bonds is 6. The van der Waals surface area contributed by atoms with Gasteiger partial charge in [-0.25, -0.2) is 9.67 Å². The predicted octanol–water partition coefficient (Wildman–Crippen LogP) is 2.05. The largest absolute Gasteiger partial charge is 0.480 e. The van der Waals surface area contributed by atoms with Crippen molar-refractivity contribution in [2.45, 2.75) is 39.0 Å². The van der Waals surface area contributed by atoms with Crippen LogP contribution in [0.1, 0.15) is 36.6 Å². The topological polar surface area (TPSA) is 170 Å². The Balaban J connectivity index is 0.00000504. The van der Waals surface area contributed by atoms with Crippen molar-refractivity contribution < 1.29 is 56.7 Å². The molecule has 1 radical (unpaired) electrons. The van der Waals surface area contributed by atoms with Crippen molar-refractivity contribution in [1.82, 2.24) is 44.6 Å². The molecule has 0 amide bonds. The van der Waals surface area contributed by atoms with Gasteiger partial charge in [0.2, 0.25) is 0 Å². The van der Waals surface area contributed by atoms with Gasteiger partial charge in [-0.1, -0.05) is 41.6 Å². The zero-order valence-electron chi connectivity index (χ0n) is 29.0. The SMILES string of the molecule is CC(C)(N)c1nnn2c1-c1cccc(n1)CN1CCN(CC(=O)O)CCN(CCN(CC(=O)O)CC1)Cc1cc(-c3ccccc3)cc(n1)C2.[Lu]. The molecule has 279 valence electrons. The first kappa shape index (κ1) is 38.9. The fourth-order valence-corrected chi connectivity index (χ4v) is 6.63. The zero-order valence-corrected chi connectivity index (χ0v) is 30.7. The van der Waals surface area contributed by atoms with Gasteiger partial charge in [0.15, 0.2) is 0 Å². The van der Waals surface area contributed by atoms with Crippen LogP contribution in [-0.4, -0.2) is 132 Å². The van der Waals surface area contributed by atoms with Crippen molar-refractivity contribution in [3.8, 4) is 22.5 Å². The molecule has 4 N–H and O–H groups in total. The van der Waals surface area contributed by atoms with Crippen LogP contribution >= 0.6 is 0 Å². The second kappa shape index (κ2) is 17.4. The summed E-state index contributed by atoms with van der Waals surface area (Å²) in [6.45, 7) is 9.50. The van der Waals surface area contributed by atoms with Crippen molar-refractivity contribution in [2.75, 3.05) is 65.4 Å². The van der Waals surface area contributed by atoms with Crippen molar-refractivity contribution in [3.05, 3.63) is 83.4 Å². The Labute approximate surface area is 327 Å². The number of aliphatic carboxylic acids is 2. The number of hydrogen-bond acceptors (Lipinski definition) is 11. The summed E-state index contributed by atoms with van der Waals surface area (Å²) < 4.78 is 1.84. The third-order valence-corrected chi connectivity index (χ3v) is 9.16. The second-order valence-electron chi connectivity index (χ2n) is 13.8. The van der Waals surface area contributed by atoms with Gasteiger partial charge >= 0.3 is 11.9 Å². The van der Waals surface area contributed by atoms with E-state index in [1.54, 1.807) is 0 Å². The summed E-state index contributed by atoms with van der Waals surface area (Å²) in [4.78, 5) is 42.5. The molecule has 51 heavy (non-hydrogen) atoms. The summed E-state index contributed by atoms with van der Waals surface area (Å²) in [5.74, 6) is -1.74. The van der Waals surface area contributed by atoms with Crippen molar-refractivity contribution in [3.63, 3.8) is 0 Å². The number of aromatic nitrogens is 5. The van der Waals surface area contributed by atoms with Gasteiger partial charge in [0.05, 0.1) is 47.9 Å². The van der Waals surface area contributed by atoms with Gasteiger partial charge in [-0.15, -0.1) is 5.10 Å². The zero-order chi connectivity index (χ0) is 35.3. The first-order valence-electron chi connectivity index (χ1n) is 17.1. The standard InChI is InChI=1S/C36H46N10O4.Lu/c1-36(2,37)35-34-31-10-6-9-28(39-31)21-42-11-15-44(24-32(47)48)17-13-43(14-18-45(16-12-42)25-33(49)50)22-29-19-27(26-7-4-3-5-8-26)20-30(38-29)23-46(34)41-40-35;/h3-10,19-20H,11-18,21-25,37H2,1-2H3,(H,47,48)(H,49,50);. The average Bonchev–Trinajstić information content (AvgIpc) is 3.50. The molecule has 0 saturated carbocycles. The van der Waals surface area contributed by atoms with Crippen LogP contribution in [0.4, 0.5) is 0 Å². The summed E-state index contributed by atoms with van der Waals surface area (Å²) in [5, 5.41) is 28.7. The number of benzene rings is 1. The summed E-state index contributed by atoms with van der Waals surface area (Å²) >= 11 is 0. The van der Waals surface area contributed by atoms with Crippen LogP contribution in [-0.2, 0) is 34.8 Å². The Morgan fingerprint density at radius 3 is 1.80 bits per heavy atom. The molecule has 4 aromatic rings. The first-order chi connectivity index (χ1) is 24.0. The van der Waals surface area contributed by atoms with E-state index in [0.717, 1.165) is 33.9 Å². The quantitative estimate of drug-likeness (QED) is 0.258. The van der Waals surface area contributed by atoms with E-state index in [0.29, 0.717) is 83.4 Å². The molecule has 0 aliphatic carbocycles.